The summed E-state index contributed by atoms with van der Waals surface area (Å²) in [7, 11) is 0. The number of β-amino-alcohol motifs (C(OH)–C–C–N with tert-alkyl or cyclic N) is 1. The number of hydrogen-bond acceptors (Lipinski definition) is 2. The molecule has 0 spiro atoms. The zero-order valence-electron chi connectivity index (χ0n) is 13.5. The molecule has 2 unspecified atom stereocenters. The van der Waals surface area contributed by atoms with E-state index in [1.807, 2.05) is 0 Å². The van der Waals surface area contributed by atoms with Crippen molar-refractivity contribution in [1.29, 1.82) is 0 Å². The molecule has 2 nitrogen and oxygen atoms in total. The van der Waals surface area contributed by atoms with Crippen LogP contribution in [-0.4, -0.2) is 29.1 Å². The van der Waals surface area contributed by atoms with Gasteiger partial charge in [-0.3, -0.25) is 4.90 Å². The van der Waals surface area contributed by atoms with E-state index in [0.717, 1.165) is 24.1 Å². The standard InChI is InChI=1S/C19H29NO/c1-14-10-15(2)12-17(11-14)19(21)13-20-9-5-8-18(20)16-6-3-4-7-16/h10-12,16,18-19,21H,3-9,13H2,1-2H3. The Morgan fingerprint density at radius 2 is 1.71 bits per heavy atom. The Hall–Kier alpha value is -0.860. The number of nitrogens with zero attached hydrogens (tertiary/aromatic N) is 1. The molecule has 21 heavy (non-hydrogen) atoms. The van der Waals surface area contributed by atoms with Crippen molar-refractivity contribution in [3.05, 3.63) is 34.9 Å². The minimum absolute atomic E-state index is 0.342. The van der Waals surface area contributed by atoms with Crippen LogP contribution in [0.15, 0.2) is 18.2 Å². The van der Waals surface area contributed by atoms with Gasteiger partial charge in [0.1, 0.15) is 0 Å². The van der Waals surface area contributed by atoms with Gasteiger partial charge in [-0.2, -0.15) is 0 Å². The highest BCUT2D eigenvalue weighted by atomic mass is 16.3. The highest BCUT2D eigenvalue weighted by Gasteiger charge is 2.34. The molecular weight excluding hydrogens is 258 g/mol. The minimum atomic E-state index is -0.342. The quantitative estimate of drug-likeness (QED) is 0.905. The van der Waals surface area contributed by atoms with Crippen LogP contribution < -0.4 is 0 Å². The van der Waals surface area contributed by atoms with Crippen LogP contribution in [0.5, 0.6) is 0 Å². The van der Waals surface area contributed by atoms with Crippen LogP contribution in [0.2, 0.25) is 0 Å². The summed E-state index contributed by atoms with van der Waals surface area (Å²) in [5.74, 6) is 0.888. The fourth-order valence-electron chi connectivity index (χ4n) is 4.48. The Morgan fingerprint density at radius 3 is 2.38 bits per heavy atom. The normalized spacial score (nSPS) is 25.6. The van der Waals surface area contributed by atoms with E-state index in [4.69, 9.17) is 0 Å². The second-order valence-corrected chi connectivity index (χ2v) is 7.19. The zero-order chi connectivity index (χ0) is 14.8. The first-order valence-corrected chi connectivity index (χ1v) is 8.64. The lowest BCUT2D eigenvalue weighted by molar-refractivity contribution is 0.0893. The van der Waals surface area contributed by atoms with Gasteiger partial charge in [-0.15, -0.1) is 0 Å². The summed E-state index contributed by atoms with van der Waals surface area (Å²) in [4.78, 5) is 2.57. The number of aliphatic hydroxyl groups is 1. The average molecular weight is 287 g/mol. The first-order valence-electron chi connectivity index (χ1n) is 8.64. The van der Waals surface area contributed by atoms with Gasteiger partial charge in [-0.05, 0) is 57.6 Å². The van der Waals surface area contributed by atoms with Gasteiger partial charge in [-0.25, -0.2) is 0 Å². The van der Waals surface area contributed by atoms with E-state index in [-0.39, 0.29) is 6.10 Å². The summed E-state index contributed by atoms with van der Waals surface area (Å²) in [6.45, 7) is 6.20. The van der Waals surface area contributed by atoms with Gasteiger partial charge in [0.2, 0.25) is 0 Å². The zero-order valence-corrected chi connectivity index (χ0v) is 13.5. The first kappa shape index (κ1) is 15.1. The summed E-state index contributed by atoms with van der Waals surface area (Å²) in [6, 6.07) is 7.18. The third-order valence-electron chi connectivity index (χ3n) is 5.39. The van der Waals surface area contributed by atoms with Crippen LogP contribution in [0.25, 0.3) is 0 Å². The lowest BCUT2D eigenvalue weighted by Gasteiger charge is -2.31. The van der Waals surface area contributed by atoms with Crippen molar-refractivity contribution in [2.45, 2.75) is 64.5 Å². The third-order valence-corrected chi connectivity index (χ3v) is 5.39. The highest BCUT2D eigenvalue weighted by molar-refractivity contribution is 5.30. The van der Waals surface area contributed by atoms with Gasteiger partial charge in [-0.1, -0.05) is 42.2 Å². The molecule has 1 saturated heterocycles. The second kappa shape index (κ2) is 6.50. The molecule has 2 aliphatic rings. The molecule has 0 aromatic heterocycles. The Kier molecular flexibility index (Phi) is 4.66. The largest absolute Gasteiger partial charge is 0.387 e. The van der Waals surface area contributed by atoms with Crippen molar-refractivity contribution in [3.63, 3.8) is 0 Å². The van der Waals surface area contributed by atoms with Crippen LogP contribution in [0.4, 0.5) is 0 Å². The number of hydrogen-bond donors (Lipinski definition) is 1. The van der Waals surface area contributed by atoms with Gasteiger partial charge in [0, 0.05) is 12.6 Å². The van der Waals surface area contributed by atoms with Crippen molar-refractivity contribution in [2.75, 3.05) is 13.1 Å². The summed E-state index contributed by atoms with van der Waals surface area (Å²) in [5.41, 5.74) is 3.58. The lowest BCUT2D eigenvalue weighted by atomic mass is 9.95. The predicted octanol–water partition coefficient (Wildman–Crippen LogP) is 3.99. The molecule has 2 fully saturated rings. The molecule has 1 aliphatic heterocycles. The van der Waals surface area contributed by atoms with Crippen molar-refractivity contribution < 1.29 is 5.11 Å². The lowest BCUT2D eigenvalue weighted by Crippen LogP contribution is -2.37. The van der Waals surface area contributed by atoms with Crippen LogP contribution in [-0.2, 0) is 0 Å². The summed E-state index contributed by atoms with van der Waals surface area (Å²) >= 11 is 0. The number of aryl methyl sites for hydroxylation is 2. The Bertz CT molecular complexity index is 458. The van der Waals surface area contributed by atoms with E-state index < -0.39 is 0 Å². The van der Waals surface area contributed by atoms with Gasteiger partial charge in [0.15, 0.2) is 0 Å². The molecule has 1 heterocycles. The van der Waals surface area contributed by atoms with Gasteiger partial charge in [0.05, 0.1) is 6.10 Å². The average Bonchev–Trinajstić information content (AvgIpc) is 3.07. The molecule has 0 bridgehead atoms. The monoisotopic (exact) mass is 287 g/mol. The fraction of sp³-hybridized carbons (Fsp3) is 0.684. The van der Waals surface area contributed by atoms with Crippen molar-refractivity contribution in [1.82, 2.24) is 4.90 Å². The second-order valence-electron chi connectivity index (χ2n) is 7.19. The third kappa shape index (κ3) is 3.49. The molecule has 3 rings (SSSR count). The van der Waals surface area contributed by atoms with Gasteiger partial charge in [0.25, 0.3) is 0 Å². The number of rotatable bonds is 4. The maximum Gasteiger partial charge on any atom is 0.0917 e. The van der Waals surface area contributed by atoms with Crippen LogP contribution in [0, 0.1) is 19.8 Å². The van der Waals surface area contributed by atoms with E-state index in [9.17, 15) is 5.11 Å². The number of likely N-dealkylation sites (tertiary alicyclic amines) is 1. The van der Waals surface area contributed by atoms with Crippen molar-refractivity contribution in [2.24, 2.45) is 5.92 Å². The van der Waals surface area contributed by atoms with E-state index in [2.05, 4.69) is 36.9 Å². The predicted molar refractivity (Wildman–Crippen MR) is 87.4 cm³/mol. The molecular formula is C19H29NO. The summed E-state index contributed by atoms with van der Waals surface area (Å²) < 4.78 is 0. The summed E-state index contributed by atoms with van der Waals surface area (Å²) in [6.07, 6.45) is 7.93. The molecule has 1 aliphatic carbocycles. The fourth-order valence-corrected chi connectivity index (χ4v) is 4.48. The maximum absolute atomic E-state index is 10.6. The van der Waals surface area contributed by atoms with E-state index >= 15 is 0 Å². The Balaban J connectivity index is 1.66. The van der Waals surface area contributed by atoms with Crippen molar-refractivity contribution in [3.8, 4) is 0 Å². The Morgan fingerprint density at radius 1 is 1.05 bits per heavy atom. The number of benzene rings is 1. The molecule has 2 heteroatoms. The van der Waals surface area contributed by atoms with Gasteiger partial charge >= 0.3 is 0 Å². The number of aliphatic hydroxyl groups excluding tert-OH is 1. The van der Waals surface area contributed by atoms with Crippen LogP contribution >= 0.6 is 0 Å². The molecule has 1 saturated carbocycles. The SMILES string of the molecule is Cc1cc(C)cc(C(O)CN2CCCC2C2CCCC2)c1. The molecule has 2 atom stereocenters. The molecule has 116 valence electrons. The smallest absolute Gasteiger partial charge is 0.0917 e. The van der Waals surface area contributed by atoms with E-state index in [1.54, 1.807) is 0 Å². The molecule has 1 aromatic carbocycles. The minimum Gasteiger partial charge on any atom is -0.387 e. The van der Waals surface area contributed by atoms with Gasteiger partial charge < -0.3 is 5.11 Å². The molecule has 1 N–H and O–H groups in total. The Labute approximate surface area is 129 Å². The summed E-state index contributed by atoms with van der Waals surface area (Å²) in [5, 5.41) is 10.6. The molecule has 0 radical (unpaired) electrons. The molecule has 0 amide bonds. The van der Waals surface area contributed by atoms with Crippen molar-refractivity contribution >= 4 is 0 Å². The molecule has 1 aromatic rings. The van der Waals surface area contributed by atoms with Crippen LogP contribution in [0.3, 0.4) is 0 Å². The highest BCUT2D eigenvalue weighted by Crippen LogP contribution is 2.36. The topological polar surface area (TPSA) is 23.5 Å². The van der Waals surface area contributed by atoms with E-state index in [1.165, 1.54) is 56.2 Å². The maximum atomic E-state index is 10.6. The van der Waals surface area contributed by atoms with E-state index in [0.29, 0.717) is 0 Å². The first-order chi connectivity index (χ1) is 10.1. The van der Waals surface area contributed by atoms with Crippen LogP contribution in [0.1, 0.15) is 61.3 Å².